The summed E-state index contributed by atoms with van der Waals surface area (Å²) in [5, 5.41) is 9.31. The first-order chi connectivity index (χ1) is 15.4. The van der Waals surface area contributed by atoms with Crippen molar-refractivity contribution >= 4 is 34.4 Å². The van der Waals surface area contributed by atoms with Gasteiger partial charge in [0, 0.05) is 35.7 Å². The molecule has 2 aromatic rings. The molecule has 1 heterocycles. The molecule has 0 bridgehead atoms. The number of ether oxygens (including phenoxy) is 2. The molecule has 3 N–H and O–H groups in total. The minimum atomic E-state index is -0.176. The average Bonchev–Trinajstić information content (AvgIpc) is 3.14. The minimum absolute atomic E-state index is 0.00691. The number of hydrogen-bond acceptors (Lipinski definition) is 6. The van der Waals surface area contributed by atoms with Crippen molar-refractivity contribution in [3.05, 3.63) is 47.7 Å². The quantitative estimate of drug-likeness (QED) is 0.520. The zero-order valence-corrected chi connectivity index (χ0v) is 19.2. The number of likely N-dealkylation sites (N-methyl/N-ethyl adjacent to an activating group) is 2. The number of carbonyl (C=O) groups is 2. The number of rotatable bonds is 9. The molecule has 0 saturated heterocycles. The van der Waals surface area contributed by atoms with Gasteiger partial charge in [0.05, 0.1) is 32.0 Å². The van der Waals surface area contributed by atoms with Gasteiger partial charge in [-0.1, -0.05) is 13.8 Å². The van der Waals surface area contributed by atoms with Gasteiger partial charge in [0.2, 0.25) is 5.91 Å². The molecule has 0 fully saturated rings. The smallest absolute Gasteiger partial charge is 0.258 e. The van der Waals surface area contributed by atoms with E-state index in [1.54, 1.807) is 32.2 Å². The Morgan fingerprint density at radius 1 is 1.06 bits per heavy atom. The molecular formula is C24H30N4O4. The van der Waals surface area contributed by atoms with Crippen molar-refractivity contribution in [3.8, 4) is 11.5 Å². The summed E-state index contributed by atoms with van der Waals surface area (Å²) in [5.41, 5.74) is 4.44. The molecule has 0 atom stereocenters. The van der Waals surface area contributed by atoms with E-state index in [2.05, 4.69) is 16.0 Å². The summed E-state index contributed by atoms with van der Waals surface area (Å²) < 4.78 is 10.8. The maximum Gasteiger partial charge on any atom is 0.258 e. The number of anilines is 3. The number of benzene rings is 2. The molecule has 2 amide bonds. The molecule has 0 radical (unpaired) electrons. The van der Waals surface area contributed by atoms with Gasteiger partial charge in [-0.05, 0) is 43.3 Å². The monoisotopic (exact) mass is 438 g/mol. The zero-order valence-electron chi connectivity index (χ0n) is 19.2. The molecule has 3 rings (SSSR count). The van der Waals surface area contributed by atoms with Crippen LogP contribution in [0.2, 0.25) is 0 Å². The molecule has 2 aromatic carbocycles. The highest BCUT2D eigenvalue weighted by Gasteiger charge is 2.29. The van der Waals surface area contributed by atoms with Gasteiger partial charge >= 0.3 is 0 Å². The topological polar surface area (TPSA) is 91.9 Å². The van der Waals surface area contributed by atoms with E-state index >= 15 is 0 Å². The van der Waals surface area contributed by atoms with Gasteiger partial charge in [0.25, 0.3) is 5.91 Å². The van der Waals surface area contributed by atoms with Crippen molar-refractivity contribution in [2.24, 2.45) is 0 Å². The summed E-state index contributed by atoms with van der Waals surface area (Å²) in [6.45, 7) is 4.99. The predicted octanol–water partition coefficient (Wildman–Crippen LogP) is 3.46. The van der Waals surface area contributed by atoms with E-state index < -0.39 is 0 Å². The van der Waals surface area contributed by atoms with Crippen LogP contribution in [0.4, 0.5) is 17.1 Å². The van der Waals surface area contributed by atoms with Crippen molar-refractivity contribution in [2.75, 3.05) is 49.9 Å². The van der Waals surface area contributed by atoms with Crippen molar-refractivity contribution in [3.63, 3.8) is 0 Å². The van der Waals surface area contributed by atoms with Crippen LogP contribution in [-0.4, -0.2) is 46.2 Å². The Labute approximate surface area is 188 Å². The highest BCUT2D eigenvalue weighted by Crippen LogP contribution is 2.42. The molecule has 32 heavy (non-hydrogen) atoms. The van der Waals surface area contributed by atoms with Crippen LogP contribution in [0.25, 0.3) is 5.57 Å². The normalized spacial score (nSPS) is 13.8. The fourth-order valence-corrected chi connectivity index (χ4v) is 3.56. The lowest BCUT2D eigenvalue weighted by atomic mass is 10.0. The summed E-state index contributed by atoms with van der Waals surface area (Å²) in [7, 11) is 4.88. The van der Waals surface area contributed by atoms with E-state index in [4.69, 9.17) is 9.47 Å². The lowest BCUT2D eigenvalue weighted by Gasteiger charge is -2.19. The van der Waals surface area contributed by atoms with Crippen molar-refractivity contribution in [1.82, 2.24) is 5.32 Å². The van der Waals surface area contributed by atoms with Crippen LogP contribution in [0.15, 0.2) is 42.1 Å². The van der Waals surface area contributed by atoms with Gasteiger partial charge in [0.1, 0.15) is 0 Å². The molecule has 0 aliphatic carbocycles. The lowest BCUT2D eigenvalue weighted by Crippen LogP contribution is -2.35. The second-order valence-electron chi connectivity index (χ2n) is 7.32. The molecule has 0 saturated carbocycles. The Kier molecular flexibility index (Phi) is 7.37. The summed E-state index contributed by atoms with van der Waals surface area (Å²) in [4.78, 5) is 26.6. The van der Waals surface area contributed by atoms with E-state index in [9.17, 15) is 9.59 Å². The van der Waals surface area contributed by atoms with Crippen molar-refractivity contribution in [2.45, 2.75) is 20.3 Å². The van der Waals surface area contributed by atoms with Gasteiger partial charge < -0.3 is 30.3 Å². The van der Waals surface area contributed by atoms with Crippen LogP contribution in [0.3, 0.4) is 0 Å². The van der Waals surface area contributed by atoms with Gasteiger partial charge in [-0.2, -0.15) is 0 Å². The number of carbonyl (C=O) groups excluding carboxylic acids is 2. The molecule has 0 aromatic heterocycles. The van der Waals surface area contributed by atoms with Crippen LogP contribution in [-0.2, 0) is 9.59 Å². The third kappa shape index (κ3) is 4.70. The third-order valence-electron chi connectivity index (χ3n) is 5.37. The Balaban J connectivity index is 1.87. The maximum atomic E-state index is 12.8. The molecule has 0 unspecified atom stereocenters. The molecule has 8 heteroatoms. The maximum absolute atomic E-state index is 12.8. The zero-order chi connectivity index (χ0) is 23.3. The van der Waals surface area contributed by atoms with Gasteiger partial charge in [-0.3, -0.25) is 9.59 Å². The largest absolute Gasteiger partial charge is 0.493 e. The van der Waals surface area contributed by atoms with Crippen LogP contribution in [0, 0.1) is 0 Å². The lowest BCUT2D eigenvalue weighted by molar-refractivity contribution is -0.117. The van der Waals surface area contributed by atoms with E-state index in [-0.39, 0.29) is 11.8 Å². The van der Waals surface area contributed by atoms with Gasteiger partial charge in [-0.25, -0.2) is 0 Å². The third-order valence-corrected chi connectivity index (χ3v) is 5.37. The second kappa shape index (κ2) is 10.2. The Hall–Kier alpha value is -3.52. The van der Waals surface area contributed by atoms with E-state index in [0.29, 0.717) is 35.7 Å². The van der Waals surface area contributed by atoms with Crippen LogP contribution in [0.1, 0.15) is 25.8 Å². The fourth-order valence-electron chi connectivity index (χ4n) is 3.56. The van der Waals surface area contributed by atoms with Crippen molar-refractivity contribution < 1.29 is 19.1 Å². The molecule has 8 nitrogen and oxygen atoms in total. The molecule has 0 spiro atoms. The number of allylic oxidation sites excluding steroid dienone is 1. The summed E-state index contributed by atoms with van der Waals surface area (Å²) in [6, 6.07) is 11.1. The fraction of sp³-hybridized carbons (Fsp3) is 0.333. The highest BCUT2D eigenvalue weighted by molar-refractivity contribution is 6.32. The SMILES string of the molecule is CCNCC(=O)N(C)c1ccc(NC(CC)=C2C(=O)Nc3cc(OC)c(OC)cc32)cc1. The van der Waals surface area contributed by atoms with Crippen molar-refractivity contribution in [1.29, 1.82) is 0 Å². The average molecular weight is 439 g/mol. The number of fused-ring (bicyclic) bond motifs is 1. The molecule has 1 aliphatic heterocycles. The standard InChI is InChI=1S/C24H30N4O4/c1-6-18(23-17-12-20(31-4)21(32-5)13-19(17)27-24(23)30)26-15-8-10-16(11-9-15)28(3)22(29)14-25-7-2/h8-13,25-26H,6-7,14H2,1-5H3,(H,27,30). The predicted molar refractivity (Wildman–Crippen MR) is 127 cm³/mol. The number of nitrogens with one attached hydrogen (secondary N) is 3. The Bertz CT molecular complexity index is 1030. The number of nitrogens with zero attached hydrogens (tertiary/aromatic N) is 1. The first-order valence-corrected chi connectivity index (χ1v) is 10.6. The van der Waals surface area contributed by atoms with Crippen LogP contribution >= 0.6 is 0 Å². The summed E-state index contributed by atoms with van der Waals surface area (Å²) >= 11 is 0. The first-order valence-electron chi connectivity index (χ1n) is 10.6. The van der Waals surface area contributed by atoms with Crippen LogP contribution in [0.5, 0.6) is 11.5 Å². The summed E-state index contributed by atoms with van der Waals surface area (Å²) in [5.74, 6) is 0.935. The molecule has 1 aliphatic rings. The highest BCUT2D eigenvalue weighted by atomic mass is 16.5. The second-order valence-corrected chi connectivity index (χ2v) is 7.32. The Morgan fingerprint density at radius 2 is 1.72 bits per heavy atom. The minimum Gasteiger partial charge on any atom is -0.493 e. The van der Waals surface area contributed by atoms with Gasteiger partial charge in [0.15, 0.2) is 11.5 Å². The number of methoxy groups -OCH3 is 2. The number of hydrogen-bond donors (Lipinski definition) is 3. The molecule has 170 valence electrons. The van der Waals surface area contributed by atoms with E-state index in [1.165, 1.54) is 0 Å². The first kappa shape index (κ1) is 23.1. The van der Waals surface area contributed by atoms with E-state index in [1.807, 2.05) is 44.2 Å². The number of amides is 2. The summed E-state index contributed by atoms with van der Waals surface area (Å²) in [6.07, 6.45) is 0.624. The molecular weight excluding hydrogens is 408 g/mol. The van der Waals surface area contributed by atoms with Crippen LogP contribution < -0.4 is 30.3 Å². The van der Waals surface area contributed by atoms with E-state index in [0.717, 1.165) is 29.2 Å². The van der Waals surface area contributed by atoms with Gasteiger partial charge in [-0.15, -0.1) is 0 Å². The Morgan fingerprint density at radius 3 is 2.31 bits per heavy atom.